The van der Waals surface area contributed by atoms with Gasteiger partial charge in [-0.05, 0) is 49.1 Å². The highest BCUT2D eigenvalue weighted by molar-refractivity contribution is 7.12. The molecule has 2 aromatic heterocycles. The lowest BCUT2D eigenvalue weighted by Gasteiger charge is -2.34. The quantitative estimate of drug-likeness (QED) is 0.524. The predicted octanol–water partition coefficient (Wildman–Crippen LogP) is 4.46. The lowest BCUT2D eigenvalue weighted by molar-refractivity contribution is 0.0633. The summed E-state index contributed by atoms with van der Waals surface area (Å²) in [6.07, 6.45) is 4.03. The predicted molar refractivity (Wildman–Crippen MR) is 124 cm³/mol. The summed E-state index contributed by atoms with van der Waals surface area (Å²) in [5.74, 6) is 0.918. The van der Waals surface area contributed by atoms with Gasteiger partial charge in [0.2, 0.25) is 0 Å². The van der Waals surface area contributed by atoms with Gasteiger partial charge in [-0.15, -0.1) is 11.3 Å². The number of rotatable bonds is 7. The molecule has 0 saturated carbocycles. The third-order valence-electron chi connectivity index (χ3n) is 5.47. The van der Waals surface area contributed by atoms with Crippen LogP contribution in [0.25, 0.3) is 0 Å². The molecule has 1 amide bonds. The summed E-state index contributed by atoms with van der Waals surface area (Å²) in [5, 5.41) is 7.04. The molecule has 1 aliphatic rings. The number of carbonyl (C=O) groups is 1. The number of hydrogen-bond acceptors (Lipinski definition) is 5. The van der Waals surface area contributed by atoms with E-state index in [1.165, 1.54) is 16.9 Å². The van der Waals surface area contributed by atoms with Gasteiger partial charge in [-0.25, -0.2) is 0 Å². The largest absolute Gasteiger partial charge is 0.489 e. The Morgan fingerprint density at radius 3 is 2.71 bits per heavy atom. The van der Waals surface area contributed by atoms with Crippen LogP contribution in [0.4, 0.5) is 0 Å². The average Bonchev–Trinajstić information content (AvgIpc) is 3.43. The molecule has 164 valence electrons. The van der Waals surface area contributed by atoms with E-state index in [0.717, 1.165) is 61.0 Å². The van der Waals surface area contributed by atoms with Gasteiger partial charge >= 0.3 is 0 Å². The Morgan fingerprint density at radius 1 is 1.19 bits per heavy atom. The molecular formula is C23H27ClN4O2S. The number of aromatic nitrogens is 2. The molecule has 4 rings (SSSR count). The van der Waals surface area contributed by atoms with Crippen molar-refractivity contribution in [1.82, 2.24) is 19.6 Å². The fraction of sp³-hybridized carbons (Fsp3) is 0.391. The lowest BCUT2D eigenvalue weighted by atomic mass is 10.2. The smallest absolute Gasteiger partial charge is 0.264 e. The Labute approximate surface area is 192 Å². The third-order valence-corrected chi connectivity index (χ3v) is 6.67. The van der Waals surface area contributed by atoms with Crippen molar-refractivity contribution in [2.75, 3.05) is 26.2 Å². The third kappa shape index (κ3) is 5.47. The van der Waals surface area contributed by atoms with E-state index in [0.29, 0.717) is 11.6 Å². The molecule has 0 atom stereocenters. The molecule has 0 N–H and O–H groups in total. The first kappa shape index (κ1) is 21.9. The number of benzene rings is 1. The number of halogens is 1. The van der Waals surface area contributed by atoms with Gasteiger partial charge in [0, 0.05) is 61.6 Å². The van der Waals surface area contributed by atoms with Crippen molar-refractivity contribution in [3.05, 3.63) is 68.6 Å². The molecule has 0 bridgehead atoms. The number of amides is 1. The van der Waals surface area contributed by atoms with E-state index in [2.05, 4.69) is 23.1 Å². The molecule has 8 heteroatoms. The zero-order valence-electron chi connectivity index (χ0n) is 17.9. The van der Waals surface area contributed by atoms with Gasteiger partial charge < -0.3 is 9.64 Å². The monoisotopic (exact) mass is 458 g/mol. The number of hydrogen-bond donors (Lipinski definition) is 0. The molecule has 0 spiro atoms. The zero-order chi connectivity index (χ0) is 21.8. The van der Waals surface area contributed by atoms with Crippen LogP contribution in [0.3, 0.4) is 0 Å². The van der Waals surface area contributed by atoms with Gasteiger partial charge in [0.25, 0.3) is 5.91 Å². The summed E-state index contributed by atoms with van der Waals surface area (Å²) < 4.78 is 7.85. The second kappa shape index (κ2) is 9.85. The molecule has 1 aromatic carbocycles. The Bertz CT molecular complexity index is 1040. The summed E-state index contributed by atoms with van der Waals surface area (Å²) in [6.45, 7) is 9.50. The van der Waals surface area contributed by atoms with E-state index in [4.69, 9.17) is 16.3 Å². The Hall–Kier alpha value is -2.35. The van der Waals surface area contributed by atoms with Gasteiger partial charge in [0.1, 0.15) is 12.4 Å². The van der Waals surface area contributed by atoms with Crippen LogP contribution in [-0.2, 0) is 19.7 Å². The van der Waals surface area contributed by atoms with Gasteiger partial charge in [-0.3, -0.25) is 14.4 Å². The average molecular weight is 459 g/mol. The molecule has 0 unspecified atom stereocenters. The van der Waals surface area contributed by atoms with Crippen LogP contribution in [0.1, 0.15) is 33.3 Å². The number of nitrogens with zero attached hydrogens (tertiary/aromatic N) is 4. The highest BCUT2D eigenvalue weighted by Gasteiger charge is 2.23. The number of carbonyl (C=O) groups excluding carboxylic acids is 1. The van der Waals surface area contributed by atoms with E-state index >= 15 is 0 Å². The summed E-state index contributed by atoms with van der Waals surface area (Å²) in [5.41, 5.74) is 3.23. The Morgan fingerprint density at radius 2 is 2.00 bits per heavy atom. The first-order valence-corrected chi connectivity index (χ1v) is 11.8. The van der Waals surface area contributed by atoms with Gasteiger partial charge in [-0.2, -0.15) is 5.10 Å². The second-order valence-corrected chi connectivity index (χ2v) is 9.14. The summed E-state index contributed by atoms with van der Waals surface area (Å²) in [4.78, 5) is 18.0. The van der Waals surface area contributed by atoms with Gasteiger partial charge in [0.05, 0.1) is 11.1 Å². The fourth-order valence-corrected chi connectivity index (χ4v) is 4.77. The van der Waals surface area contributed by atoms with Crippen LogP contribution in [0.15, 0.2) is 42.0 Å². The van der Waals surface area contributed by atoms with Crippen molar-refractivity contribution in [2.24, 2.45) is 0 Å². The minimum absolute atomic E-state index is 0.109. The minimum Gasteiger partial charge on any atom is -0.489 e. The first-order chi connectivity index (χ1) is 15.0. The maximum atomic E-state index is 12.9. The molecule has 3 aromatic rings. The maximum Gasteiger partial charge on any atom is 0.264 e. The molecule has 0 radical (unpaired) electrons. The molecule has 3 heterocycles. The normalized spacial score (nSPS) is 14.7. The van der Waals surface area contributed by atoms with E-state index in [1.807, 2.05) is 52.3 Å². The van der Waals surface area contributed by atoms with E-state index in [-0.39, 0.29) is 5.91 Å². The van der Waals surface area contributed by atoms with Crippen LogP contribution >= 0.6 is 22.9 Å². The van der Waals surface area contributed by atoms with E-state index < -0.39 is 0 Å². The minimum atomic E-state index is 0.109. The van der Waals surface area contributed by atoms with E-state index in [9.17, 15) is 4.79 Å². The molecule has 0 aliphatic carbocycles. The number of aryl methyl sites for hydroxylation is 2. The van der Waals surface area contributed by atoms with Crippen molar-refractivity contribution < 1.29 is 9.53 Å². The summed E-state index contributed by atoms with van der Waals surface area (Å²) in [6, 6.07) is 7.53. The SMILES string of the molecule is CCn1cc(CN2CCN(C(=O)c3cc(COc4ccc(Cl)cc4C)cs3)CC2)cn1. The first-order valence-electron chi connectivity index (χ1n) is 10.5. The van der Waals surface area contributed by atoms with Crippen molar-refractivity contribution in [1.29, 1.82) is 0 Å². The highest BCUT2D eigenvalue weighted by atomic mass is 35.5. The van der Waals surface area contributed by atoms with Crippen molar-refractivity contribution >= 4 is 28.8 Å². The topological polar surface area (TPSA) is 50.6 Å². The lowest BCUT2D eigenvalue weighted by Crippen LogP contribution is -2.48. The molecule has 1 fully saturated rings. The van der Waals surface area contributed by atoms with Crippen molar-refractivity contribution in [3.8, 4) is 5.75 Å². The van der Waals surface area contributed by atoms with Crippen LogP contribution in [0.5, 0.6) is 5.75 Å². The number of ether oxygens (including phenoxy) is 1. The second-order valence-electron chi connectivity index (χ2n) is 7.79. The van der Waals surface area contributed by atoms with Crippen LogP contribution in [0, 0.1) is 6.92 Å². The van der Waals surface area contributed by atoms with Crippen molar-refractivity contribution in [3.63, 3.8) is 0 Å². The molecule has 1 saturated heterocycles. The van der Waals surface area contributed by atoms with Gasteiger partial charge in [0.15, 0.2) is 0 Å². The van der Waals surface area contributed by atoms with Gasteiger partial charge in [-0.1, -0.05) is 11.6 Å². The number of thiophene rings is 1. The van der Waals surface area contributed by atoms with Crippen LogP contribution < -0.4 is 4.74 Å². The fourth-order valence-electron chi connectivity index (χ4n) is 3.68. The van der Waals surface area contributed by atoms with E-state index in [1.54, 1.807) is 0 Å². The van der Waals surface area contributed by atoms with Crippen LogP contribution in [-0.4, -0.2) is 51.7 Å². The summed E-state index contributed by atoms with van der Waals surface area (Å²) >= 11 is 7.48. The molecule has 1 aliphatic heterocycles. The van der Waals surface area contributed by atoms with Crippen LogP contribution in [0.2, 0.25) is 5.02 Å². The Kier molecular flexibility index (Phi) is 6.95. The molecular weight excluding hydrogens is 432 g/mol. The molecule has 31 heavy (non-hydrogen) atoms. The van der Waals surface area contributed by atoms with Crippen molar-refractivity contribution in [2.45, 2.75) is 33.5 Å². The Balaban J connectivity index is 1.27. The number of piperazine rings is 1. The molecule has 6 nitrogen and oxygen atoms in total. The standard InChI is InChI=1S/C23H27ClN4O2S/c1-3-28-14-19(12-25-28)13-26-6-8-27(9-7-26)23(29)22-11-18(16-31-22)15-30-21-5-4-20(24)10-17(21)2/h4-5,10-12,14,16H,3,6-9,13,15H2,1-2H3. The zero-order valence-corrected chi connectivity index (χ0v) is 19.5. The summed E-state index contributed by atoms with van der Waals surface area (Å²) in [7, 11) is 0. The maximum absolute atomic E-state index is 12.9. The highest BCUT2D eigenvalue weighted by Crippen LogP contribution is 2.24.